The fraction of sp³-hybridized carbons (Fsp3) is 0.545. The molecule has 0 amide bonds. The number of hydrogen-bond donors (Lipinski definition) is 1. The maximum absolute atomic E-state index is 4.45. The van der Waals surface area contributed by atoms with E-state index in [1.54, 1.807) is 0 Å². The number of aryl methyl sites for hydroxylation is 1. The first-order chi connectivity index (χ1) is 6.77. The van der Waals surface area contributed by atoms with Gasteiger partial charge in [0.1, 0.15) is 0 Å². The second-order valence-electron chi connectivity index (χ2n) is 3.86. The van der Waals surface area contributed by atoms with Crippen LogP contribution in [0.25, 0.3) is 0 Å². The fourth-order valence-corrected chi connectivity index (χ4v) is 2.07. The van der Waals surface area contributed by atoms with Crippen molar-refractivity contribution in [2.24, 2.45) is 0 Å². The van der Waals surface area contributed by atoms with Crippen LogP contribution in [0.2, 0.25) is 0 Å². The third-order valence-corrected chi connectivity index (χ3v) is 3.57. The number of nitrogens with zero attached hydrogens (tertiary/aromatic N) is 1. The third kappa shape index (κ3) is 2.15. The summed E-state index contributed by atoms with van der Waals surface area (Å²) in [4.78, 5) is 4.45. The number of piperidine rings is 1. The SMILES string of the molecule is Cc1cc([C@H]2CCCCN2)ncc1Br. The largest absolute Gasteiger partial charge is 0.309 e. The first-order valence-corrected chi connectivity index (χ1v) is 5.92. The van der Waals surface area contributed by atoms with E-state index < -0.39 is 0 Å². The smallest absolute Gasteiger partial charge is 0.0576 e. The molecule has 0 unspecified atom stereocenters. The Labute approximate surface area is 93.3 Å². The molecule has 76 valence electrons. The molecular formula is C11H15BrN2. The number of halogens is 1. The molecule has 2 nitrogen and oxygen atoms in total. The highest BCUT2D eigenvalue weighted by atomic mass is 79.9. The van der Waals surface area contributed by atoms with Gasteiger partial charge in [-0.2, -0.15) is 0 Å². The number of pyridine rings is 1. The van der Waals surface area contributed by atoms with Gasteiger partial charge < -0.3 is 5.32 Å². The maximum atomic E-state index is 4.45. The van der Waals surface area contributed by atoms with Crippen molar-refractivity contribution < 1.29 is 0 Å². The van der Waals surface area contributed by atoms with E-state index in [0.29, 0.717) is 6.04 Å². The van der Waals surface area contributed by atoms with Crippen molar-refractivity contribution in [1.29, 1.82) is 0 Å². The van der Waals surface area contributed by atoms with Crippen molar-refractivity contribution in [3.05, 3.63) is 28.0 Å². The van der Waals surface area contributed by atoms with Gasteiger partial charge >= 0.3 is 0 Å². The first-order valence-electron chi connectivity index (χ1n) is 5.13. The van der Waals surface area contributed by atoms with Gasteiger partial charge in [0.25, 0.3) is 0 Å². The lowest BCUT2D eigenvalue weighted by molar-refractivity contribution is 0.405. The van der Waals surface area contributed by atoms with E-state index in [4.69, 9.17) is 0 Å². The van der Waals surface area contributed by atoms with Gasteiger partial charge in [-0.25, -0.2) is 0 Å². The van der Waals surface area contributed by atoms with Gasteiger partial charge in [-0.05, 0) is 53.9 Å². The summed E-state index contributed by atoms with van der Waals surface area (Å²) < 4.78 is 1.09. The van der Waals surface area contributed by atoms with Crippen LogP contribution >= 0.6 is 15.9 Å². The molecule has 0 aromatic carbocycles. The Kier molecular flexibility index (Phi) is 3.19. The van der Waals surface area contributed by atoms with Crippen LogP contribution < -0.4 is 5.32 Å². The maximum Gasteiger partial charge on any atom is 0.0576 e. The Morgan fingerprint density at radius 2 is 2.36 bits per heavy atom. The topological polar surface area (TPSA) is 24.9 Å². The molecule has 1 aromatic heterocycles. The summed E-state index contributed by atoms with van der Waals surface area (Å²) in [5, 5.41) is 3.50. The number of aromatic nitrogens is 1. The lowest BCUT2D eigenvalue weighted by Gasteiger charge is -2.23. The van der Waals surface area contributed by atoms with E-state index in [2.05, 4.69) is 39.2 Å². The fourth-order valence-electron chi connectivity index (χ4n) is 1.86. The monoisotopic (exact) mass is 254 g/mol. The Balaban J connectivity index is 2.18. The van der Waals surface area contributed by atoms with E-state index in [-0.39, 0.29) is 0 Å². The predicted octanol–water partition coefficient (Wildman–Crippen LogP) is 2.97. The molecule has 1 aromatic rings. The van der Waals surface area contributed by atoms with Crippen molar-refractivity contribution in [1.82, 2.24) is 10.3 Å². The van der Waals surface area contributed by atoms with Gasteiger partial charge in [-0.3, -0.25) is 4.98 Å². The molecule has 1 aliphatic rings. The zero-order valence-electron chi connectivity index (χ0n) is 8.39. The molecular weight excluding hydrogens is 240 g/mol. The van der Waals surface area contributed by atoms with Crippen molar-refractivity contribution in [3.8, 4) is 0 Å². The van der Waals surface area contributed by atoms with E-state index >= 15 is 0 Å². The second kappa shape index (κ2) is 4.41. The quantitative estimate of drug-likeness (QED) is 0.834. The normalized spacial score (nSPS) is 22.3. The molecule has 0 spiro atoms. The Hall–Kier alpha value is -0.410. The van der Waals surface area contributed by atoms with Crippen LogP contribution in [0.3, 0.4) is 0 Å². The van der Waals surface area contributed by atoms with E-state index in [0.717, 1.165) is 11.0 Å². The minimum atomic E-state index is 0.468. The molecule has 1 aliphatic heterocycles. The molecule has 0 bridgehead atoms. The van der Waals surface area contributed by atoms with Crippen LogP contribution in [0.4, 0.5) is 0 Å². The average molecular weight is 255 g/mol. The minimum Gasteiger partial charge on any atom is -0.309 e. The molecule has 2 rings (SSSR count). The second-order valence-corrected chi connectivity index (χ2v) is 4.72. The number of rotatable bonds is 1. The van der Waals surface area contributed by atoms with Gasteiger partial charge in [0.05, 0.1) is 5.69 Å². The summed E-state index contributed by atoms with van der Waals surface area (Å²) >= 11 is 3.47. The Morgan fingerprint density at radius 3 is 3.00 bits per heavy atom. The minimum absolute atomic E-state index is 0.468. The van der Waals surface area contributed by atoms with Gasteiger partial charge in [0, 0.05) is 16.7 Å². The lowest BCUT2D eigenvalue weighted by atomic mass is 10.0. The Bertz CT molecular complexity index is 319. The molecule has 0 aliphatic carbocycles. The van der Waals surface area contributed by atoms with Gasteiger partial charge in [-0.1, -0.05) is 6.42 Å². The summed E-state index contributed by atoms with van der Waals surface area (Å²) in [6, 6.07) is 2.64. The first kappa shape index (κ1) is 10.1. The molecule has 1 N–H and O–H groups in total. The summed E-state index contributed by atoms with van der Waals surface area (Å²) in [7, 11) is 0. The standard InChI is InChI=1S/C11H15BrN2/c1-8-6-11(14-7-9(8)12)10-4-2-3-5-13-10/h6-7,10,13H,2-5H2,1H3/t10-/m1/s1. The van der Waals surface area contributed by atoms with Crippen molar-refractivity contribution in [3.63, 3.8) is 0 Å². The van der Waals surface area contributed by atoms with Crippen molar-refractivity contribution >= 4 is 15.9 Å². The molecule has 1 saturated heterocycles. The number of hydrogen-bond acceptors (Lipinski definition) is 2. The van der Waals surface area contributed by atoms with Crippen LogP contribution in [0.5, 0.6) is 0 Å². The lowest BCUT2D eigenvalue weighted by Crippen LogP contribution is -2.27. The van der Waals surface area contributed by atoms with E-state index in [1.807, 2.05) is 6.20 Å². The number of nitrogens with one attached hydrogen (secondary N) is 1. The molecule has 14 heavy (non-hydrogen) atoms. The Morgan fingerprint density at radius 1 is 1.50 bits per heavy atom. The van der Waals surface area contributed by atoms with Crippen LogP contribution in [0.1, 0.15) is 36.6 Å². The zero-order valence-corrected chi connectivity index (χ0v) is 9.97. The molecule has 1 fully saturated rings. The highest BCUT2D eigenvalue weighted by Crippen LogP contribution is 2.24. The highest BCUT2D eigenvalue weighted by Gasteiger charge is 2.15. The average Bonchev–Trinajstić information content (AvgIpc) is 2.23. The van der Waals surface area contributed by atoms with Gasteiger partial charge in [-0.15, -0.1) is 0 Å². The molecule has 0 saturated carbocycles. The third-order valence-electron chi connectivity index (χ3n) is 2.74. The van der Waals surface area contributed by atoms with Crippen molar-refractivity contribution in [2.45, 2.75) is 32.2 Å². The van der Waals surface area contributed by atoms with Gasteiger partial charge in [0.15, 0.2) is 0 Å². The molecule has 3 heteroatoms. The molecule has 0 radical (unpaired) electrons. The summed E-state index contributed by atoms with van der Waals surface area (Å²) in [6.45, 7) is 3.24. The van der Waals surface area contributed by atoms with Crippen LogP contribution in [-0.2, 0) is 0 Å². The predicted molar refractivity (Wildman–Crippen MR) is 61.3 cm³/mol. The van der Waals surface area contributed by atoms with Crippen molar-refractivity contribution in [2.75, 3.05) is 6.54 Å². The van der Waals surface area contributed by atoms with E-state index in [9.17, 15) is 0 Å². The summed E-state index contributed by atoms with van der Waals surface area (Å²) in [5.41, 5.74) is 2.45. The van der Waals surface area contributed by atoms with E-state index in [1.165, 1.54) is 30.5 Å². The molecule has 1 atom stereocenters. The van der Waals surface area contributed by atoms with Crippen LogP contribution in [0.15, 0.2) is 16.7 Å². The molecule has 2 heterocycles. The summed E-state index contributed by atoms with van der Waals surface area (Å²) in [6.07, 6.45) is 5.73. The highest BCUT2D eigenvalue weighted by molar-refractivity contribution is 9.10. The summed E-state index contributed by atoms with van der Waals surface area (Å²) in [5.74, 6) is 0. The van der Waals surface area contributed by atoms with Crippen LogP contribution in [-0.4, -0.2) is 11.5 Å². The zero-order chi connectivity index (χ0) is 9.97. The van der Waals surface area contributed by atoms with Gasteiger partial charge in [0.2, 0.25) is 0 Å². The van der Waals surface area contributed by atoms with Crippen LogP contribution in [0, 0.1) is 6.92 Å².